The Bertz CT molecular complexity index is 581. The molecule has 1 aromatic heterocycles. The molecule has 1 fully saturated rings. The second kappa shape index (κ2) is 3.87. The lowest BCUT2D eigenvalue weighted by Crippen LogP contribution is -2.03. The molecule has 3 nitrogen and oxygen atoms in total. The van der Waals surface area contributed by atoms with Crippen molar-refractivity contribution in [3.05, 3.63) is 35.4 Å². The summed E-state index contributed by atoms with van der Waals surface area (Å²) in [7, 11) is 0. The van der Waals surface area contributed by atoms with Crippen molar-refractivity contribution in [3.63, 3.8) is 0 Å². The SMILES string of the molecule is c1ccc2c(c1)CCCc1c(NC3CC3)n[nH]c1-2. The van der Waals surface area contributed by atoms with Crippen molar-refractivity contribution < 1.29 is 0 Å². The van der Waals surface area contributed by atoms with Crippen LogP contribution in [-0.4, -0.2) is 16.2 Å². The number of hydrogen-bond acceptors (Lipinski definition) is 2. The maximum Gasteiger partial charge on any atom is 0.151 e. The number of benzene rings is 1. The molecule has 0 amide bonds. The lowest BCUT2D eigenvalue weighted by molar-refractivity contribution is 0.833. The first-order chi connectivity index (χ1) is 8.92. The van der Waals surface area contributed by atoms with Gasteiger partial charge in [-0.05, 0) is 37.7 Å². The zero-order valence-electron chi connectivity index (χ0n) is 10.4. The van der Waals surface area contributed by atoms with E-state index in [1.54, 1.807) is 0 Å². The van der Waals surface area contributed by atoms with Gasteiger partial charge in [-0.1, -0.05) is 24.3 Å². The third kappa shape index (κ3) is 1.62. The average Bonchev–Trinajstić information content (AvgIpc) is 3.15. The summed E-state index contributed by atoms with van der Waals surface area (Å²) in [6, 6.07) is 9.35. The molecule has 2 aliphatic rings. The maximum atomic E-state index is 4.48. The van der Waals surface area contributed by atoms with Crippen molar-refractivity contribution in [2.24, 2.45) is 0 Å². The first kappa shape index (κ1) is 10.2. The highest BCUT2D eigenvalue weighted by molar-refractivity contribution is 5.72. The summed E-state index contributed by atoms with van der Waals surface area (Å²) < 4.78 is 0. The number of aromatic amines is 1. The van der Waals surface area contributed by atoms with Gasteiger partial charge in [0.25, 0.3) is 0 Å². The second-order valence-electron chi connectivity index (χ2n) is 5.36. The monoisotopic (exact) mass is 239 g/mol. The standard InChI is InChI=1S/C15H17N3/c1-2-6-12-10(4-1)5-3-7-13-14(12)17-18-15(13)16-11-8-9-11/h1-2,4,6,11H,3,5,7-9H2,(H2,16,17,18). The van der Waals surface area contributed by atoms with Crippen LogP contribution >= 0.6 is 0 Å². The molecule has 0 saturated heterocycles. The van der Waals surface area contributed by atoms with Crippen molar-refractivity contribution in [2.75, 3.05) is 5.32 Å². The molecule has 2 N–H and O–H groups in total. The van der Waals surface area contributed by atoms with E-state index >= 15 is 0 Å². The van der Waals surface area contributed by atoms with Crippen LogP contribution < -0.4 is 5.32 Å². The predicted molar refractivity (Wildman–Crippen MR) is 72.7 cm³/mol. The molecule has 1 heterocycles. The lowest BCUT2D eigenvalue weighted by Gasteiger charge is -2.04. The molecule has 0 radical (unpaired) electrons. The molecule has 2 aromatic rings. The van der Waals surface area contributed by atoms with Crippen molar-refractivity contribution in [1.82, 2.24) is 10.2 Å². The van der Waals surface area contributed by atoms with Gasteiger partial charge in [-0.2, -0.15) is 5.10 Å². The Hall–Kier alpha value is -1.77. The predicted octanol–water partition coefficient (Wildman–Crippen LogP) is 3.14. The van der Waals surface area contributed by atoms with Gasteiger partial charge in [-0.3, -0.25) is 5.10 Å². The van der Waals surface area contributed by atoms with Crippen LogP contribution in [0.1, 0.15) is 30.4 Å². The van der Waals surface area contributed by atoms with E-state index in [4.69, 9.17) is 0 Å². The smallest absolute Gasteiger partial charge is 0.151 e. The highest BCUT2D eigenvalue weighted by atomic mass is 15.2. The fourth-order valence-electron chi connectivity index (χ4n) is 2.81. The Morgan fingerprint density at radius 1 is 1.17 bits per heavy atom. The van der Waals surface area contributed by atoms with E-state index in [1.165, 1.54) is 48.1 Å². The Morgan fingerprint density at radius 3 is 2.94 bits per heavy atom. The van der Waals surface area contributed by atoms with Crippen molar-refractivity contribution in [3.8, 4) is 11.3 Å². The largest absolute Gasteiger partial charge is 0.366 e. The third-order valence-electron chi connectivity index (χ3n) is 3.94. The van der Waals surface area contributed by atoms with Crippen LogP contribution in [-0.2, 0) is 12.8 Å². The Kier molecular flexibility index (Phi) is 2.19. The molecule has 0 unspecified atom stereocenters. The number of nitrogens with one attached hydrogen (secondary N) is 2. The molecule has 0 atom stereocenters. The molecule has 0 bridgehead atoms. The number of aromatic nitrogens is 2. The highest BCUT2D eigenvalue weighted by Gasteiger charge is 2.25. The number of aryl methyl sites for hydroxylation is 1. The van der Waals surface area contributed by atoms with Gasteiger partial charge in [-0.25, -0.2) is 0 Å². The minimum atomic E-state index is 0.663. The summed E-state index contributed by atoms with van der Waals surface area (Å²) in [4.78, 5) is 0. The van der Waals surface area contributed by atoms with Crippen LogP contribution in [0.3, 0.4) is 0 Å². The topological polar surface area (TPSA) is 40.7 Å². The quantitative estimate of drug-likeness (QED) is 0.845. The van der Waals surface area contributed by atoms with Gasteiger partial charge in [0.15, 0.2) is 5.82 Å². The van der Waals surface area contributed by atoms with Gasteiger partial charge in [0.05, 0.1) is 5.69 Å². The van der Waals surface area contributed by atoms with E-state index in [-0.39, 0.29) is 0 Å². The summed E-state index contributed by atoms with van der Waals surface area (Å²) in [5.41, 5.74) is 5.39. The van der Waals surface area contributed by atoms with Gasteiger partial charge in [0.1, 0.15) is 0 Å². The average molecular weight is 239 g/mol. The second-order valence-corrected chi connectivity index (χ2v) is 5.36. The fourth-order valence-corrected chi connectivity index (χ4v) is 2.81. The van der Waals surface area contributed by atoms with E-state index in [0.717, 1.165) is 12.2 Å². The summed E-state index contributed by atoms with van der Waals surface area (Å²) >= 11 is 0. The normalized spacial score (nSPS) is 17.8. The molecular weight excluding hydrogens is 222 g/mol. The molecule has 1 aromatic carbocycles. The van der Waals surface area contributed by atoms with E-state index in [9.17, 15) is 0 Å². The molecule has 4 rings (SSSR count). The summed E-state index contributed by atoms with van der Waals surface area (Å²) in [5.74, 6) is 1.09. The van der Waals surface area contributed by atoms with Gasteiger partial charge in [0.2, 0.25) is 0 Å². The van der Waals surface area contributed by atoms with Gasteiger partial charge in [-0.15, -0.1) is 0 Å². The van der Waals surface area contributed by atoms with Gasteiger partial charge >= 0.3 is 0 Å². The molecule has 3 heteroatoms. The van der Waals surface area contributed by atoms with Crippen LogP contribution in [0.5, 0.6) is 0 Å². The maximum absolute atomic E-state index is 4.48. The van der Waals surface area contributed by atoms with Crippen LogP contribution in [0.4, 0.5) is 5.82 Å². The van der Waals surface area contributed by atoms with Crippen LogP contribution in [0.15, 0.2) is 24.3 Å². The summed E-state index contributed by atoms with van der Waals surface area (Å²) in [5, 5.41) is 11.3. The Balaban J connectivity index is 1.81. The zero-order valence-corrected chi connectivity index (χ0v) is 10.4. The number of fused-ring (bicyclic) bond motifs is 3. The molecule has 2 aliphatic carbocycles. The third-order valence-corrected chi connectivity index (χ3v) is 3.94. The first-order valence-electron chi connectivity index (χ1n) is 6.84. The lowest BCUT2D eigenvalue weighted by atomic mass is 10.0. The Morgan fingerprint density at radius 2 is 2.06 bits per heavy atom. The van der Waals surface area contributed by atoms with Crippen molar-refractivity contribution in [2.45, 2.75) is 38.1 Å². The zero-order chi connectivity index (χ0) is 11.9. The molecule has 1 saturated carbocycles. The van der Waals surface area contributed by atoms with Crippen LogP contribution in [0, 0.1) is 0 Å². The van der Waals surface area contributed by atoms with Gasteiger partial charge in [0, 0.05) is 17.2 Å². The van der Waals surface area contributed by atoms with Crippen molar-refractivity contribution >= 4 is 5.82 Å². The van der Waals surface area contributed by atoms with Crippen LogP contribution in [0.25, 0.3) is 11.3 Å². The van der Waals surface area contributed by atoms with Gasteiger partial charge < -0.3 is 5.32 Å². The van der Waals surface area contributed by atoms with E-state index < -0.39 is 0 Å². The molecule has 18 heavy (non-hydrogen) atoms. The molecule has 92 valence electrons. The molecule has 0 aliphatic heterocycles. The minimum Gasteiger partial charge on any atom is -0.366 e. The number of anilines is 1. The molecular formula is C15H17N3. The fraction of sp³-hybridized carbons (Fsp3) is 0.400. The first-order valence-corrected chi connectivity index (χ1v) is 6.84. The number of hydrogen-bond donors (Lipinski definition) is 2. The van der Waals surface area contributed by atoms with Crippen molar-refractivity contribution in [1.29, 1.82) is 0 Å². The molecule has 0 spiro atoms. The number of H-pyrrole nitrogens is 1. The number of rotatable bonds is 2. The van der Waals surface area contributed by atoms with E-state index in [1.807, 2.05) is 0 Å². The van der Waals surface area contributed by atoms with Crippen LogP contribution in [0.2, 0.25) is 0 Å². The summed E-state index contributed by atoms with van der Waals surface area (Å²) in [6.07, 6.45) is 6.08. The summed E-state index contributed by atoms with van der Waals surface area (Å²) in [6.45, 7) is 0. The minimum absolute atomic E-state index is 0.663. The Labute approximate surface area is 107 Å². The highest BCUT2D eigenvalue weighted by Crippen LogP contribution is 2.35. The number of nitrogens with zero attached hydrogens (tertiary/aromatic N) is 1. The van der Waals surface area contributed by atoms with E-state index in [0.29, 0.717) is 6.04 Å². The van der Waals surface area contributed by atoms with E-state index in [2.05, 4.69) is 39.8 Å².